The van der Waals surface area contributed by atoms with Gasteiger partial charge in [0, 0.05) is 0 Å². The highest BCUT2D eigenvalue weighted by Crippen LogP contribution is 2.38. The Morgan fingerprint density at radius 1 is 1.33 bits per heavy atom. The van der Waals surface area contributed by atoms with Crippen LogP contribution in [0.4, 0.5) is 0 Å². The van der Waals surface area contributed by atoms with Crippen molar-refractivity contribution in [1.29, 1.82) is 0 Å². The summed E-state index contributed by atoms with van der Waals surface area (Å²) < 4.78 is 4.62. The van der Waals surface area contributed by atoms with Gasteiger partial charge < -0.3 is 15.2 Å². The molecule has 1 saturated carbocycles. The van der Waals surface area contributed by atoms with Gasteiger partial charge in [-0.25, -0.2) is 4.79 Å². The van der Waals surface area contributed by atoms with Gasteiger partial charge in [-0.3, -0.25) is 9.59 Å². The fourth-order valence-electron chi connectivity index (χ4n) is 1.86. The minimum absolute atomic E-state index is 0.226. The summed E-state index contributed by atoms with van der Waals surface area (Å²) >= 11 is 0. The number of esters is 1. The van der Waals surface area contributed by atoms with Crippen molar-refractivity contribution in [3.63, 3.8) is 0 Å². The van der Waals surface area contributed by atoms with E-state index in [-0.39, 0.29) is 11.8 Å². The second kappa shape index (κ2) is 5.84. The number of ether oxygens (including phenoxy) is 1. The van der Waals surface area contributed by atoms with E-state index in [0.717, 1.165) is 0 Å². The zero-order valence-electron chi connectivity index (χ0n) is 10.8. The SMILES string of the molecule is COC(=O)C(CC(C)C)NC(=O)[C@@H]1C[C@@H]1C(=O)O. The number of hydrogen-bond donors (Lipinski definition) is 2. The van der Waals surface area contributed by atoms with E-state index in [1.54, 1.807) is 0 Å². The largest absolute Gasteiger partial charge is 0.481 e. The molecule has 1 rings (SSSR count). The predicted molar refractivity (Wildman–Crippen MR) is 62.6 cm³/mol. The molecule has 1 aliphatic rings. The van der Waals surface area contributed by atoms with E-state index < -0.39 is 29.8 Å². The Hall–Kier alpha value is -1.59. The summed E-state index contributed by atoms with van der Waals surface area (Å²) in [5.41, 5.74) is 0. The molecule has 1 unspecified atom stereocenters. The fourth-order valence-corrected chi connectivity index (χ4v) is 1.86. The Kier molecular flexibility index (Phi) is 4.69. The first kappa shape index (κ1) is 14.5. The summed E-state index contributed by atoms with van der Waals surface area (Å²) in [5, 5.41) is 11.3. The van der Waals surface area contributed by atoms with Gasteiger partial charge in [0.25, 0.3) is 0 Å². The maximum absolute atomic E-state index is 11.8. The molecule has 1 aliphatic carbocycles. The molecular formula is C12H19NO5. The summed E-state index contributed by atoms with van der Waals surface area (Å²) in [6.07, 6.45) is 0.819. The van der Waals surface area contributed by atoms with Crippen LogP contribution >= 0.6 is 0 Å². The average Bonchev–Trinajstić information content (AvgIpc) is 3.06. The third-order valence-corrected chi connectivity index (χ3v) is 2.95. The molecule has 6 nitrogen and oxygen atoms in total. The van der Waals surface area contributed by atoms with Gasteiger partial charge >= 0.3 is 11.9 Å². The van der Waals surface area contributed by atoms with Crippen LogP contribution in [0.15, 0.2) is 0 Å². The number of carbonyl (C=O) groups is 3. The first-order valence-corrected chi connectivity index (χ1v) is 5.97. The van der Waals surface area contributed by atoms with Crippen LogP contribution < -0.4 is 5.32 Å². The van der Waals surface area contributed by atoms with Crippen molar-refractivity contribution in [3.8, 4) is 0 Å². The average molecular weight is 257 g/mol. The lowest BCUT2D eigenvalue weighted by molar-refractivity contribution is -0.145. The van der Waals surface area contributed by atoms with Crippen molar-refractivity contribution in [1.82, 2.24) is 5.32 Å². The number of nitrogens with one attached hydrogen (secondary N) is 1. The summed E-state index contributed by atoms with van der Waals surface area (Å²) in [4.78, 5) is 33.9. The van der Waals surface area contributed by atoms with Crippen molar-refractivity contribution >= 4 is 17.8 Å². The lowest BCUT2D eigenvalue weighted by Gasteiger charge is -2.18. The fraction of sp³-hybridized carbons (Fsp3) is 0.750. The maximum atomic E-state index is 11.8. The lowest BCUT2D eigenvalue weighted by atomic mass is 10.0. The lowest BCUT2D eigenvalue weighted by Crippen LogP contribution is -2.43. The van der Waals surface area contributed by atoms with Crippen molar-refractivity contribution in [2.45, 2.75) is 32.7 Å². The molecule has 0 heterocycles. The van der Waals surface area contributed by atoms with Gasteiger partial charge in [-0.05, 0) is 18.8 Å². The van der Waals surface area contributed by atoms with Crippen molar-refractivity contribution in [2.75, 3.05) is 7.11 Å². The van der Waals surface area contributed by atoms with Crippen LogP contribution in [0.25, 0.3) is 0 Å². The van der Waals surface area contributed by atoms with Gasteiger partial charge in [0.1, 0.15) is 6.04 Å². The van der Waals surface area contributed by atoms with Crippen molar-refractivity contribution in [2.24, 2.45) is 17.8 Å². The highest BCUT2D eigenvalue weighted by molar-refractivity contribution is 5.92. The number of carboxylic acid groups (broad SMARTS) is 1. The molecule has 0 spiro atoms. The zero-order chi connectivity index (χ0) is 13.9. The summed E-state index contributed by atoms with van der Waals surface area (Å²) in [6.45, 7) is 3.86. The molecule has 0 aromatic rings. The Bertz CT molecular complexity index is 352. The first-order valence-electron chi connectivity index (χ1n) is 5.97. The van der Waals surface area contributed by atoms with E-state index in [0.29, 0.717) is 12.8 Å². The van der Waals surface area contributed by atoms with E-state index >= 15 is 0 Å². The first-order chi connectivity index (χ1) is 8.36. The molecule has 1 amide bonds. The highest BCUT2D eigenvalue weighted by Gasteiger charge is 2.49. The predicted octanol–water partition coefficient (Wildman–Crippen LogP) is 0.411. The smallest absolute Gasteiger partial charge is 0.328 e. The topological polar surface area (TPSA) is 92.7 Å². The van der Waals surface area contributed by atoms with Gasteiger partial charge in [-0.1, -0.05) is 13.8 Å². The molecule has 1 fully saturated rings. The molecule has 0 radical (unpaired) electrons. The van der Waals surface area contributed by atoms with Crippen molar-refractivity contribution in [3.05, 3.63) is 0 Å². The Morgan fingerprint density at radius 3 is 2.33 bits per heavy atom. The summed E-state index contributed by atoms with van der Waals surface area (Å²) in [5.74, 6) is -2.73. The van der Waals surface area contributed by atoms with Crippen LogP contribution in [0.3, 0.4) is 0 Å². The Morgan fingerprint density at radius 2 is 1.94 bits per heavy atom. The van der Waals surface area contributed by atoms with E-state index in [9.17, 15) is 14.4 Å². The van der Waals surface area contributed by atoms with Gasteiger partial charge in [-0.2, -0.15) is 0 Å². The third kappa shape index (κ3) is 3.72. The standard InChI is InChI=1S/C12H19NO5/c1-6(2)4-9(12(17)18-3)13-10(14)7-5-8(7)11(15)16/h6-9H,4-5H2,1-3H3,(H,13,14)(H,15,16)/t7-,8+,9?/m1/s1. The van der Waals surface area contributed by atoms with Crippen LogP contribution in [-0.4, -0.2) is 36.1 Å². The van der Waals surface area contributed by atoms with E-state index in [4.69, 9.17) is 5.11 Å². The number of methoxy groups -OCH3 is 1. The molecule has 0 aromatic carbocycles. The Balaban J connectivity index is 2.53. The molecule has 0 saturated heterocycles. The highest BCUT2D eigenvalue weighted by atomic mass is 16.5. The van der Waals surface area contributed by atoms with Crippen LogP contribution in [0.2, 0.25) is 0 Å². The molecule has 3 atom stereocenters. The third-order valence-electron chi connectivity index (χ3n) is 2.95. The number of amides is 1. The van der Waals surface area contributed by atoms with Crippen molar-refractivity contribution < 1.29 is 24.2 Å². The number of carboxylic acids is 1. The van der Waals surface area contributed by atoms with E-state index in [2.05, 4.69) is 10.1 Å². The summed E-state index contributed by atoms with van der Waals surface area (Å²) in [6, 6.07) is -0.697. The molecule has 102 valence electrons. The zero-order valence-corrected chi connectivity index (χ0v) is 10.8. The van der Waals surface area contributed by atoms with Gasteiger partial charge in [-0.15, -0.1) is 0 Å². The van der Waals surface area contributed by atoms with Gasteiger partial charge in [0.2, 0.25) is 5.91 Å². The second-order valence-electron chi connectivity index (χ2n) is 5.00. The van der Waals surface area contributed by atoms with Gasteiger partial charge in [0.15, 0.2) is 0 Å². The van der Waals surface area contributed by atoms with Crippen LogP contribution in [0.1, 0.15) is 26.7 Å². The molecule has 2 N–H and O–H groups in total. The minimum Gasteiger partial charge on any atom is -0.481 e. The van der Waals surface area contributed by atoms with E-state index in [1.165, 1.54) is 7.11 Å². The Labute approximate surface area is 106 Å². The monoisotopic (exact) mass is 257 g/mol. The maximum Gasteiger partial charge on any atom is 0.328 e. The second-order valence-corrected chi connectivity index (χ2v) is 5.00. The summed E-state index contributed by atoms with van der Waals surface area (Å²) in [7, 11) is 1.26. The molecule has 6 heteroatoms. The van der Waals surface area contributed by atoms with E-state index in [1.807, 2.05) is 13.8 Å². The molecule has 0 aromatic heterocycles. The van der Waals surface area contributed by atoms with Crippen LogP contribution in [0, 0.1) is 17.8 Å². The molecule has 0 aliphatic heterocycles. The number of hydrogen-bond acceptors (Lipinski definition) is 4. The quantitative estimate of drug-likeness (QED) is 0.672. The minimum atomic E-state index is -0.964. The van der Waals surface area contributed by atoms with Crippen LogP contribution in [-0.2, 0) is 19.1 Å². The normalized spacial score (nSPS) is 23.3. The molecule has 18 heavy (non-hydrogen) atoms. The van der Waals surface area contributed by atoms with Gasteiger partial charge in [0.05, 0.1) is 18.9 Å². The molecular weight excluding hydrogens is 238 g/mol. The number of aliphatic carboxylic acids is 1. The van der Waals surface area contributed by atoms with Crippen LogP contribution in [0.5, 0.6) is 0 Å². The number of rotatable bonds is 6. The molecule has 0 bridgehead atoms. The number of carbonyl (C=O) groups excluding carboxylic acids is 2.